The number of H-pyrrole nitrogens is 1. The van der Waals surface area contributed by atoms with Crippen molar-refractivity contribution in [3.8, 4) is 11.6 Å². The van der Waals surface area contributed by atoms with Crippen molar-refractivity contribution >= 4 is 16.7 Å². The minimum absolute atomic E-state index is 0.0150. The molecule has 31 heavy (non-hydrogen) atoms. The van der Waals surface area contributed by atoms with Crippen LogP contribution in [0.1, 0.15) is 46.7 Å². The van der Waals surface area contributed by atoms with Crippen LogP contribution in [-0.4, -0.2) is 48.3 Å². The lowest BCUT2D eigenvalue weighted by Gasteiger charge is -2.17. The highest BCUT2D eigenvalue weighted by Crippen LogP contribution is 2.32. The molecule has 0 radical (unpaired) electrons. The van der Waals surface area contributed by atoms with E-state index in [0.29, 0.717) is 35.1 Å². The number of hydrogen-bond donors (Lipinski definition) is 1. The van der Waals surface area contributed by atoms with Crippen LogP contribution in [0.5, 0.6) is 11.6 Å². The zero-order valence-corrected chi connectivity index (χ0v) is 18.9. The van der Waals surface area contributed by atoms with E-state index in [2.05, 4.69) is 14.5 Å². The second-order valence-electron chi connectivity index (χ2n) is 7.63. The molecule has 0 spiro atoms. The molecule has 1 unspecified atom stereocenters. The molecule has 0 fully saturated rings. The SMILES string of the molecule is COCC(C)n1c(C)c(C(=O)CCc2c(OC)cc(C)[nH]c2=O)c2cnc(OC)cc21. The highest BCUT2D eigenvalue weighted by Gasteiger charge is 2.24. The molecule has 3 heterocycles. The Morgan fingerprint density at radius 2 is 1.94 bits per heavy atom. The largest absolute Gasteiger partial charge is 0.496 e. The van der Waals surface area contributed by atoms with Crippen molar-refractivity contribution in [2.75, 3.05) is 27.9 Å². The van der Waals surface area contributed by atoms with E-state index < -0.39 is 0 Å². The monoisotopic (exact) mass is 427 g/mol. The van der Waals surface area contributed by atoms with Crippen molar-refractivity contribution in [2.45, 2.75) is 39.7 Å². The Morgan fingerprint density at radius 1 is 1.19 bits per heavy atom. The van der Waals surface area contributed by atoms with E-state index in [1.807, 2.05) is 19.9 Å². The van der Waals surface area contributed by atoms with E-state index in [4.69, 9.17) is 14.2 Å². The van der Waals surface area contributed by atoms with Gasteiger partial charge in [-0.2, -0.15) is 0 Å². The van der Waals surface area contributed by atoms with E-state index in [1.54, 1.807) is 33.4 Å². The number of nitrogens with one attached hydrogen (secondary N) is 1. The molecule has 0 saturated heterocycles. The number of fused-ring (bicyclic) bond motifs is 1. The summed E-state index contributed by atoms with van der Waals surface area (Å²) in [7, 11) is 4.73. The number of nitrogens with zero attached hydrogens (tertiary/aromatic N) is 2. The maximum absolute atomic E-state index is 13.3. The minimum Gasteiger partial charge on any atom is -0.496 e. The molecule has 0 aliphatic heterocycles. The molecule has 3 aromatic heterocycles. The fraction of sp³-hybridized carbons (Fsp3) is 0.435. The molecule has 0 aromatic carbocycles. The van der Waals surface area contributed by atoms with Crippen LogP contribution in [0.3, 0.4) is 0 Å². The standard InChI is InChI=1S/C23H29N3O5/c1-13-9-20(30-5)16(23(28)25-13)7-8-19(27)22-15(3)26(14(2)12-29-4)18-10-21(31-6)24-11-17(18)22/h9-11,14H,7-8,12H2,1-6H3,(H,25,28). The Labute approximate surface area is 181 Å². The molecule has 0 saturated carbocycles. The number of ketones is 1. The first-order valence-electron chi connectivity index (χ1n) is 10.2. The second kappa shape index (κ2) is 9.34. The molecule has 1 atom stereocenters. The quantitative estimate of drug-likeness (QED) is 0.526. The Morgan fingerprint density at radius 3 is 2.58 bits per heavy atom. The van der Waals surface area contributed by atoms with E-state index >= 15 is 0 Å². The predicted octanol–water partition coefficient (Wildman–Crippen LogP) is 3.38. The third-order valence-corrected chi connectivity index (χ3v) is 5.50. The molecule has 0 aliphatic carbocycles. The number of methoxy groups -OCH3 is 3. The first kappa shape index (κ1) is 22.6. The number of carbonyl (C=O) groups excluding carboxylic acids is 1. The first-order valence-corrected chi connectivity index (χ1v) is 10.2. The van der Waals surface area contributed by atoms with Crippen molar-refractivity contribution in [1.29, 1.82) is 0 Å². The molecule has 0 bridgehead atoms. The van der Waals surface area contributed by atoms with Gasteiger partial charge < -0.3 is 23.8 Å². The predicted molar refractivity (Wildman–Crippen MR) is 119 cm³/mol. The van der Waals surface area contributed by atoms with Gasteiger partial charge >= 0.3 is 0 Å². The van der Waals surface area contributed by atoms with Crippen molar-refractivity contribution in [2.24, 2.45) is 0 Å². The number of aromatic amines is 1. The Kier molecular flexibility index (Phi) is 6.80. The van der Waals surface area contributed by atoms with Gasteiger partial charge in [0.2, 0.25) is 5.88 Å². The number of ether oxygens (including phenoxy) is 3. The summed E-state index contributed by atoms with van der Waals surface area (Å²) < 4.78 is 18.1. The lowest BCUT2D eigenvalue weighted by atomic mass is 10.0. The van der Waals surface area contributed by atoms with E-state index in [0.717, 1.165) is 16.6 Å². The zero-order chi connectivity index (χ0) is 22.7. The maximum atomic E-state index is 13.3. The van der Waals surface area contributed by atoms with Crippen LogP contribution in [0.2, 0.25) is 0 Å². The van der Waals surface area contributed by atoms with Crippen LogP contribution in [0.4, 0.5) is 0 Å². The molecular weight excluding hydrogens is 398 g/mol. The number of hydrogen-bond acceptors (Lipinski definition) is 6. The van der Waals surface area contributed by atoms with Crippen molar-refractivity contribution < 1.29 is 19.0 Å². The van der Waals surface area contributed by atoms with Gasteiger partial charge in [0.15, 0.2) is 5.78 Å². The number of aryl methyl sites for hydroxylation is 1. The molecule has 8 nitrogen and oxygen atoms in total. The maximum Gasteiger partial charge on any atom is 0.255 e. The molecule has 3 rings (SSSR count). The Balaban J connectivity index is 2.02. The average Bonchev–Trinajstić information content (AvgIpc) is 3.03. The summed E-state index contributed by atoms with van der Waals surface area (Å²) >= 11 is 0. The van der Waals surface area contributed by atoms with E-state index in [1.165, 1.54) is 7.11 Å². The zero-order valence-electron chi connectivity index (χ0n) is 18.9. The van der Waals surface area contributed by atoms with Gasteiger partial charge in [-0.05, 0) is 33.3 Å². The van der Waals surface area contributed by atoms with Crippen molar-refractivity contribution in [3.63, 3.8) is 0 Å². The third-order valence-electron chi connectivity index (χ3n) is 5.50. The Bertz CT molecular complexity index is 1160. The van der Waals surface area contributed by atoms with Gasteiger partial charge in [0.1, 0.15) is 5.75 Å². The number of rotatable bonds is 9. The summed E-state index contributed by atoms with van der Waals surface area (Å²) in [6.07, 6.45) is 2.12. The van der Waals surface area contributed by atoms with Crippen LogP contribution in [0.25, 0.3) is 10.9 Å². The van der Waals surface area contributed by atoms with Crippen molar-refractivity contribution in [3.05, 3.63) is 51.2 Å². The first-order chi connectivity index (χ1) is 14.8. The summed E-state index contributed by atoms with van der Waals surface area (Å²) in [6, 6.07) is 3.61. The lowest BCUT2D eigenvalue weighted by molar-refractivity contribution is 0.0983. The normalized spacial score (nSPS) is 12.2. The molecule has 1 N–H and O–H groups in total. The fourth-order valence-corrected chi connectivity index (χ4v) is 4.13. The van der Waals surface area contributed by atoms with E-state index in [-0.39, 0.29) is 30.2 Å². The van der Waals surface area contributed by atoms with Crippen LogP contribution < -0.4 is 15.0 Å². The number of pyridine rings is 2. The van der Waals surface area contributed by atoms with Gasteiger partial charge in [0.25, 0.3) is 5.56 Å². The van der Waals surface area contributed by atoms with Gasteiger partial charge in [-0.25, -0.2) is 4.98 Å². The summed E-state index contributed by atoms with van der Waals surface area (Å²) in [5.74, 6) is 0.916. The van der Waals surface area contributed by atoms with Gasteiger partial charge in [-0.1, -0.05) is 0 Å². The van der Waals surface area contributed by atoms with Crippen LogP contribution in [0, 0.1) is 13.8 Å². The Hall–Kier alpha value is -3.13. The smallest absolute Gasteiger partial charge is 0.255 e. The number of aromatic nitrogens is 3. The summed E-state index contributed by atoms with van der Waals surface area (Å²) in [5, 5.41) is 0.760. The average molecular weight is 428 g/mol. The van der Waals surface area contributed by atoms with E-state index in [9.17, 15) is 9.59 Å². The van der Waals surface area contributed by atoms with Gasteiger partial charge in [0, 0.05) is 48.1 Å². The number of Topliss-reactive ketones (excluding diaryl/α,β-unsaturated/α-hetero) is 1. The number of carbonyl (C=O) groups is 1. The van der Waals surface area contributed by atoms with Gasteiger partial charge in [-0.3, -0.25) is 9.59 Å². The highest BCUT2D eigenvalue weighted by molar-refractivity contribution is 6.09. The molecule has 8 heteroatoms. The summed E-state index contributed by atoms with van der Waals surface area (Å²) in [5.41, 5.74) is 3.25. The molecule has 0 amide bonds. The molecular formula is C23H29N3O5. The molecule has 0 aliphatic rings. The topological polar surface area (TPSA) is 95.4 Å². The molecule has 166 valence electrons. The van der Waals surface area contributed by atoms with Crippen LogP contribution in [-0.2, 0) is 11.2 Å². The van der Waals surface area contributed by atoms with Crippen LogP contribution in [0.15, 0.2) is 23.1 Å². The summed E-state index contributed by atoms with van der Waals surface area (Å²) in [6.45, 7) is 6.25. The lowest BCUT2D eigenvalue weighted by Crippen LogP contribution is -2.17. The van der Waals surface area contributed by atoms with Gasteiger partial charge in [0.05, 0.1) is 37.9 Å². The summed E-state index contributed by atoms with van der Waals surface area (Å²) in [4.78, 5) is 32.8. The van der Waals surface area contributed by atoms with Crippen LogP contribution >= 0.6 is 0 Å². The fourth-order valence-electron chi connectivity index (χ4n) is 4.13. The van der Waals surface area contributed by atoms with Gasteiger partial charge in [-0.15, -0.1) is 0 Å². The van der Waals surface area contributed by atoms with Crippen molar-refractivity contribution in [1.82, 2.24) is 14.5 Å². The highest BCUT2D eigenvalue weighted by atomic mass is 16.5. The molecule has 3 aromatic rings. The second-order valence-corrected chi connectivity index (χ2v) is 7.63. The third kappa shape index (κ3) is 4.34. The minimum atomic E-state index is -0.232.